The Morgan fingerprint density at radius 1 is 0.593 bits per heavy atom. The van der Waals surface area contributed by atoms with Crippen molar-refractivity contribution in [3.63, 3.8) is 0 Å². The summed E-state index contributed by atoms with van der Waals surface area (Å²) in [5.74, 6) is -0.255. The van der Waals surface area contributed by atoms with Gasteiger partial charge in [-0.25, -0.2) is 4.98 Å². The fourth-order valence-electron chi connectivity index (χ4n) is 7.02. The van der Waals surface area contributed by atoms with Gasteiger partial charge in [-0.05, 0) is 12.8 Å². The fraction of sp³-hybridized carbons (Fsp3) is 0.889. The number of aromatic amines is 1. The molecule has 54 heavy (non-hydrogen) atoms. The molecule has 1 amide bonds. The van der Waals surface area contributed by atoms with Gasteiger partial charge in [0.25, 0.3) is 0 Å². The number of carbonyl (C=O) groups is 2. The van der Waals surface area contributed by atoms with Gasteiger partial charge in [0.1, 0.15) is 12.6 Å². The van der Waals surface area contributed by atoms with E-state index in [2.05, 4.69) is 28.7 Å². The molecular formula is C45H86N4O5. The number of hydrogen-bond acceptors (Lipinski definition) is 7. The zero-order valence-electron chi connectivity index (χ0n) is 35.4. The van der Waals surface area contributed by atoms with Gasteiger partial charge >= 0.3 is 5.97 Å². The maximum atomic E-state index is 13.2. The molecule has 1 rings (SSSR count). The average Bonchev–Trinajstić information content (AvgIpc) is 3.69. The number of ether oxygens (including phenoxy) is 3. The maximum Gasteiger partial charge on any atom is 0.323 e. The Morgan fingerprint density at radius 3 is 1.39 bits per heavy atom. The zero-order chi connectivity index (χ0) is 39.0. The molecule has 0 radical (unpaired) electrons. The Hall–Kier alpha value is -1.97. The van der Waals surface area contributed by atoms with Crippen LogP contribution in [0, 0.1) is 0 Å². The summed E-state index contributed by atoms with van der Waals surface area (Å²) in [5.41, 5.74) is 6.69. The van der Waals surface area contributed by atoms with Gasteiger partial charge in [0.2, 0.25) is 5.91 Å². The highest BCUT2D eigenvalue weighted by molar-refractivity contribution is 5.76. The summed E-state index contributed by atoms with van der Waals surface area (Å²) in [4.78, 5) is 34.2. The van der Waals surface area contributed by atoms with Crippen LogP contribution in [0.5, 0.6) is 0 Å². The molecule has 9 heteroatoms. The molecule has 9 nitrogen and oxygen atoms in total. The number of carbonyl (C=O) groups excluding carboxylic acids is 2. The summed E-state index contributed by atoms with van der Waals surface area (Å²) in [7, 11) is 0. The molecule has 0 aromatic carbocycles. The molecule has 1 aromatic rings. The van der Waals surface area contributed by atoms with E-state index in [0.717, 1.165) is 31.6 Å². The quantitative estimate of drug-likeness (QED) is 0.0502. The minimum Gasteiger partial charge on any atom is -0.462 e. The van der Waals surface area contributed by atoms with Crippen molar-refractivity contribution in [2.45, 2.75) is 213 Å². The lowest BCUT2D eigenvalue weighted by Crippen LogP contribution is -2.35. The predicted molar refractivity (Wildman–Crippen MR) is 225 cm³/mol. The third-order valence-corrected chi connectivity index (χ3v) is 10.5. The lowest BCUT2D eigenvalue weighted by atomic mass is 10.0. The molecule has 0 bridgehead atoms. The first-order chi connectivity index (χ1) is 26.6. The van der Waals surface area contributed by atoms with Crippen molar-refractivity contribution in [2.75, 3.05) is 46.1 Å². The molecule has 0 spiro atoms. The van der Waals surface area contributed by atoms with Crippen LogP contribution in [0.25, 0.3) is 0 Å². The number of imidazole rings is 1. The molecule has 1 unspecified atom stereocenters. The van der Waals surface area contributed by atoms with E-state index < -0.39 is 12.0 Å². The van der Waals surface area contributed by atoms with Gasteiger partial charge < -0.3 is 29.8 Å². The lowest BCUT2D eigenvalue weighted by Gasteiger charge is -2.23. The molecule has 1 atom stereocenters. The second-order valence-electron chi connectivity index (χ2n) is 15.6. The first-order valence-corrected chi connectivity index (χ1v) is 22.9. The van der Waals surface area contributed by atoms with E-state index in [1.54, 1.807) is 12.5 Å². The SMILES string of the molecule is CCCCCCCCCCCCCCCCN(CCCCCCCCCCCCCCCC)C(=O)CCOCCOCCOC(=O)C(N)Cc1cnc[nH]1. The first-order valence-electron chi connectivity index (χ1n) is 22.9. The summed E-state index contributed by atoms with van der Waals surface area (Å²) >= 11 is 0. The van der Waals surface area contributed by atoms with Crippen molar-refractivity contribution < 1.29 is 23.8 Å². The second-order valence-corrected chi connectivity index (χ2v) is 15.6. The van der Waals surface area contributed by atoms with E-state index in [9.17, 15) is 9.59 Å². The van der Waals surface area contributed by atoms with Crippen LogP contribution < -0.4 is 5.73 Å². The first kappa shape index (κ1) is 50.0. The number of aromatic nitrogens is 2. The van der Waals surface area contributed by atoms with Crippen LogP contribution in [0.1, 0.15) is 206 Å². The Kier molecular flexibility index (Phi) is 36.4. The molecule has 0 aliphatic rings. The molecule has 1 heterocycles. The van der Waals surface area contributed by atoms with Gasteiger partial charge in [0.15, 0.2) is 0 Å². The lowest BCUT2D eigenvalue weighted by molar-refractivity contribution is -0.146. The largest absolute Gasteiger partial charge is 0.462 e. The van der Waals surface area contributed by atoms with Crippen LogP contribution >= 0.6 is 0 Å². The van der Waals surface area contributed by atoms with Crippen LogP contribution in [0.4, 0.5) is 0 Å². The standard InChI is InChI=1S/C45H86N4O5/c1-3-5-7-9-11-13-15-17-19-21-23-25-27-29-32-49(33-30-28-26-24-22-20-18-16-14-12-10-8-6-4-2)44(50)31-34-52-35-36-53-37-38-54-45(51)43(46)39-42-40-47-41-48-42/h40-41,43H,3-39,46H2,1-2H3,(H,47,48). The molecule has 1 aromatic heterocycles. The van der Waals surface area contributed by atoms with Crippen LogP contribution in [0.2, 0.25) is 0 Å². The van der Waals surface area contributed by atoms with Crippen LogP contribution in [-0.4, -0.2) is 78.9 Å². The Balaban J connectivity index is 2.19. The van der Waals surface area contributed by atoms with Gasteiger partial charge in [-0.15, -0.1) is 0 Å². The minimum atomic E-state index is -0.741. The second kappa shape index (κ2) is 39.3. The summed E-state index contributed by atoms with van der Waals surface area (Å²) < 4.78 is 16.5. The molecule has 0 aliphatic carbocycles. The van der Waals surface area contributed by atoms with Gasteiger partial charge in [-0.3, -0.25) is 9.59 Å². The van der Waals surface area contributed by atoms with Gasteiger partial charge in [0.05, 0.1) is 39.2 Å². The number of nitrogens with two attached hydrogens (primary N) is 1. The van der Waals surface area contributed by atoms with E-state index in [1.807, 2.05) is 0 Å². The van der Waals surface area contributed by atoms with Gasteiger partial charge in [0, 0.05) is 31.4 Å². The van der Waals surface area contributed by atoms with E-state index in [0.29, 0.717) is 32.7 Å². The highest BCUT2D eigenvalue weighted by atomic mass is 16.6. The van der Waals surface area contributed by atoms with Crippen LogP contribution in [0.3, 0.4) is 0 Å². The molecule has 0 aliphatic heterocycles. The predicted octanol–water partition coefficient (Wildman–Crippen LogP) is 11.0. The molecule has 0 fully saturated rings. The number of H-pyrrole nitrogens is 1. The van der Waals surface area contributed by atoms with Gasteiger partial charge in [-0.1, -0.05) is 181 Å². The van der Waals surface area contributed by atoms with Crippen molar-refractivity contribution in [1.82, 2.24) is 14.9 Å². The maximum absolute atomic E-state index is 13.2. The van der Waals surface area contributed by atoms with E-state index in [-0.39, 0.29) is 19.1 Å². The molecular weight excluding hydrogens is 677 g/mol. The van der Waals surface area contributed by atoms with Crippen LogP contribution in [-0.2, 0) is 30.2 Å². The number of esters is 1. The third-order valence-electron chi connectivity index (χ3n) is 10.5. The third kappa shape index (κ3) is 32.3. The monoisotopic (exact) mass is 763 g/mol. The summed E-state index contributed by atoms with van der Waals surface area (Å²) in [6.07, 6.45) is 41.6. The van der Waals surface area contributed by atoms with Crippen molar-refractivity contribution >= 4 is 11.9 Å². The van der Waals surface area contributed by atoms with Gasteiger partial charge in [-0.2, -0.15) is 0 Å². The van der Waals surface area contributed by atoms with Crippen LogP contribution in [0.15, 0.2) is 12.5 Å². The number of hydrogen-bond donors (Lipinski definition) is 2. The number of nitrogens with zero attached hydrogens (tertiary/aromatic N) is 2. The van der Waals surface area contributed by atoms with E-state index >= 15 is 0 Å². The highest BCUT2D eigenvalue weighted by Crippen LogP contribution is 2.15. The van der Waals surface area contributed by atoms with Crippen molar-refractivity contribution in [2.24, 2.45) is 5.73 Å². The normalized spacial score (nSPS) is 12.0. The number of rotatable bonds is 42. The molecule has 0 saturated heterocycles. The average molecular weight is 763 g/mol. The smallest absolute Gasteiger partial charge is 0.323 e. The zero-order valence-corrected chi connectivity index (χ0v) is 35.4. The minimum absolute atomic E-state index is 0.140. The van der Waals surface area contributed by atoms with E-state index in [4.69, 9.17) is 19.9 Å². The summed E-state index contributed by atoms with van der Waals surface area (Å²) in [6, 6.07) is -0.741. The van der Waals surface area contributed by atoms with Crippen molar-refractivity contribution in [1.29, 1.82) is 0 Å². The number of nitrogens with one attached hydrogen (secondary N) is 1. The Morgan fingerprint density at radius 2 is 0.981 bits per heavy atom. The Labute approximate surface area is 332 Å². The fourth-order valence-corrected chi connectivity index (χ4v) is 7.02. The Bertz CT molecular complexity index is 899. The topological polar surface area (TPSA) is 120 Å². The van der Waals surface area contributed by atoms with Crippen molar-refractivity contribution in [3.05, 3.63) is 18.2 Å². The number of amides is 1. The molecule has 3 N–H and O–H groups in total. The number of unbranched alkanes of at least 4 members (excludes halogenated alkanes) is 26. The van der Waals surface area contributed by atoms with E-state index in [1.165, 1.54) is 167 Å². The molecule has 316 valence electrons. The summed E-state index contributed by atoms with van der Waals surface area (Å²) in [5, 5.41) is 0. The highest BCUT2D eigenvalue weighted by Gasteiger charge is 2.16. The summed E-state index contributed by atoms with van der Waals surface area (Å²) in [6.45, 7) is 7.89. The van der Waals surface area contributed by atoms with Crippen molar-refractivity contribution in [3.8, 4) is 0 Å². The molecule has 0 saturated carbocycles.